The van der Waals surface area contributed by atoms with Gasteiger partial charge in [-0.05, 0) is 24.5 Å². The smallest absolute Gasteiger partial charge is 0.163 e. The van der Waals surface area contributed by atoms with Crippen molar-refractivity contribution in [3.63, 3.8) is 0 Å². The summed E-state index contributed by atoms with van der Waals surface area (Å²) in [5.41, 5.74) is 3.43. The fourth-order valence-electron chi connectivity index (χ4n) is 2.38. The van der Waals surface area contributed by atoms with E-state index in [0.29, 0.717) is 0 Å². The molecule has 0 amide bonds. The van der Waals surface area contributed by atoms with Crippen LogP contribution >= 0.6 is 0 Å². The molecule has 3 heteroatoms. The van der Waals surface area contributed by atoms with Crippen LogP contribution in [0.4, 0.5) is 0 Å². The van der Waals surface area contributed by atoms with Crippen LogP contribution in [0.15, 0.2) is 54.6 Å². The second-order valence-corrected chi connectivity index (χ2v) is 6.17. The van der Waals surface area contributed by atoms with Crippen molar-refractivity contribution in [1.29, 1.82) is 0 Å². The molecule has 0 saturated carbocycles. The molecule has 3 atom stereocenters. The molecule has 0 radical (unpaired) electrons. The second-order valence-electron chi connectivity index (χ2n) is 4.89. The molecule has 3 unspecified atom stereocenters. The Bertz CT molecular complexity index is 577. The predicted octanol–water partition coefficient (Wildman–Crippen LogP) is 3.86. The maximum absolute atomic E-state index is 12.1. The topological polar surface area (TPSA) is 26.3 Å². The Labute approximate surface area is 116 Å². The van der Waals surface area contributed by atoms with E-state index in [4.69, 9.17) is 4.18 Å². The zero-order chi connectivity index (χ0) is 13.2. The summed E-state index contributed by atoms with van der Waals surface area (Å²) in [6.45, 7) is 2.06. The highest BCUT2D eigenvalue weighted by molar-refractivity contribution is 7.80. The minimum Gasteiger partial charge on any atom is -0.282 e. The van der Waals surface area contributed by atoms with Crippen LogP contribution in [0.3, 0.4) is 0 Å². The summed E-state index contributed by atoms with van der Waals surface area (Å²) in [7, 11) is 0. The van der Waals surface area contributed by atoms with Crippen molar-refractivity contribution in [2.45, 2.75) is 24.7 Å². The molecule has 1 aliphatic rings. The summed E-state index contributed by atoms with van der Waals surface area (Å²) in [6, 6.07) is 18.2. The monoisotopic (exact) mass is 272 g/mol. The molecule has 2 nitrogen and oxygen atoms in total. The van der Waals surface area contributed by atoms with Crippen molar-refractivity contribution < 1.29 is 8.39 Å². The fourth-order valence-corrected chi connectivity index (χ4v) is 3.65. The maximum Gasteiger partial charge on any atom is 0.163 e. The first kappa shape index (κ1) is 12.6. The van der Waals surface area contributed by atoms with E-state index in [1.165, 1.54) is 5.56 Å². The molecule has 2 aromatic rings. The highest BCUT2D eigenvalue weighted by Gasteiger charge is 2.34. The van der Waals surface area contributed by atoms with Gasteiger partial charge >= 0.3 is 0 Å². The number of benzene rings is 2. The Morgan fingerprint density at radius 3 is 2.37 bits per heavy atom. The van der Waals surface area contributed by atoms with Crippen molar-refractivity contribution in [2.24, 2.45) is 0 Å². The van der Waals surface area contributed by atoms with Gasteiger partial charge in [-0.1, -0.05) is 60.2 Å². The van der Waals surface area contributed by atoms with Gasteiger partial charge in [-0.15, -0.1) is 0 Å². The first-order valence-electron chi connectivity index (χ1n) is 6.43. The Kier molecular flexibility index (Phi) is 3.49. The third-order valence-corrected chi connectivity index (χ3v) is 4.84. The molecular formula is C16H16O2S. The lowest BCUT2D eigenvalue weighted by molar-refractivity contribution is 0.254. The van der Waals surface area contributed by atoms with Gasteiger partial charge in [0.2, 0.25) is 0 Å². The van der Waals surface area contributed by atoms with Crippen LogP contribution < -0.4 is 0 Å². The van der Waals surface area contributed by atoms with E-state index in [1.54, 1.807) is 0 Å². The van der Waals surface area contributed by atoms with Crippen LogP contribution in [0.25, 0.3) is 0 Å². The van der Waals surface area contributed by atoms with Crippen molar-refractivity contribution in [1.82, 2.24) is 0 Å². The summed E-state index contributed by atoms with van der Waals surface area (Å²) in [4.78, 5) is 0. The van der Waals surface area contributed by atoms with E-state index in [2.05, 4.69) is 31.2 Å². The van der Waals surface area contributed by atoms with Crippen LogP contribution in [0.1, 0.15) is 34.5 Å². The Balaban J connectivity index is 1.82. The molecule has 0 aromatic heterocycles. The second kappa shape index (κ2) is 5.27. The van der Waals surface area contributed by atoms with E-state index in [0.717, 1.165) is 17.5 Å². The lowest BCUT2D eigenvalue weighted by Gasteiger charge is -2.08. The van der Waals surface area contributed by atoms with E-state index in [1.807, 2.05) is 30.3 Å². The van der Waals surface area contributed by atoms with Gasteiger partial charge in [0.05, 0.1) is 5.25 Å². The average Bonchev–Trinajstić information content (AvgIpc) is 2.83. The summed E-state index contributed by atoms with van der Waals surface area (Å²) in [5.74, 6) is 0. The Morgan fingerprint density at radius 2 is 1.68 bits per heavy atom. The first-order chi connectivity index (χ1) is 9.24. The maximum atomic E-state index is 12.1. The highest BCUT2D eigenvalue weighted by atomic mass is 32.2. The lowest BCUT2D eigenvalue weighted by atomic mass is 10.0. The largest absolute Gasteiger partial charge is 0.282 e. The van der Waals surface area contributed by atoms with Crippen molar-refractivity contribution in [3.8, 4) is 0 Å². The molecule has 0 N–H and O–H groups in total. The lowest BCUT2D eigenvalue weighted by Crippen LogP contribution is -1.98. The minimum absolute atomic E-state index is 0.0208. The molecule has 1 heterocycles. The first-order valence-corrected chi connectivity index (χ1v) is 7.57. The van der Waals surface area contributed by atoms with E-state index in [-0.39, 0.29) is 11.4 Å². The Hall–Kier alpha value is -1.45. The van der Waals surface area contributed by atoms with Gasteiger partial charge in [-0.3, -0.25) is 4.18 Å². The standard InChI is InChI=1S/C16H16O2S/c1-12-7-9-13(10-8-12)15-11-16(19(17)18-15)14-5-3-2-4-6-14/h2-10,15-16H,11H2,1H3. The normalized spacial score (nSPS) is 26.5. The van der Waals surface area contributed by atoms with E-state index >= 15 is 0 Å². The van der Waals surface area contributed by atoms with Crippen molar-refractivity contribution in [3.05, 3.63) is 71.3 Å². The van der Waals surface area contributed by atoms with Crippen molar-refractivity contribution in [2.75, 3.05) is 0 Å². The van der Waals surface area contributed by atoms with Crippen molar-refractivity contribution >= 4 is 11.1 Å². The summed E-state index contributed by atoms with van der Waals surface area (Å²) < 4.78 is 17.7. The molecule has 1 saturated heterocycles. The van der Waals surface area contributed by atoms with Crippen LogP contribution in [-0.4, -0.2) is 4.21 Å². The van der Waals surface area contributed by atoms with Gasteiger partial charge in [0.15, 0.2) is 11.1 Å². The molecular weight excluding hydrogens is 256 g/mol. The van der Waals surface area contributed by atoms with Crippen LogP contribution in [0.5, 0.6) is 0 Å². The molecule has 3 rings (SSSR count). The van der Waals surface area contributed by atoms with Crippen LogP contribution in [0, 0.1) is 6.92 Å². The molecule has 98 valence electrons. The van der Waals surface area contributed by atoms with Crippen LogP contribution in [0.2, 0.25) is 0 Å². The molecule has 0 bridgehead atoms. The zero-order valence-corrected chi connectivity index (χ0v) is 11.6. The molecule has 1 aliphatic heterocycles. The summed E-state index contributed by atoms with van der Waals surface area (Å²) in [6.07, 6.45) is 0.714. The van der Waals surface area contributed by atoms with Gasteiger partial charge < -0.3 is 0 Å². The van der Waals surface area contributed by atoms with E-state index < -0.39 is 11.1 Å². The highest BCUT2D eigenvalue weighted by Crippen LogP contribution is 2.41. The molecule has 0 spiro atoms. The third kappa shape index (κ3) is 2.62. The van der Waals surface area contributed by atoms with Gasteiger partial charge in [-0.25, -0.2) is 4.21 Å². The third-order valence-electron chi connectivity index (χ3n) is 3.49. The quantitative estimate of drug-likeness (QED) is 0.829. The number of rotatable bonds is 2. The molecule has 1 fully saturated rings. The minimum atomic E-state index is -1.25. The predicted molar refractivity (Wildman–Crippen MR) is 76.9 cm³/mol. The number of hydrogen-bond acceptors (Lipinski definition) is 2. The molecule has 19 heavy (non-hydrogen) atoms. The zero-order valence-electron chi connectivity index (χ0n) is 10.8. The van der Waals surface area contributed by atoms with Gasteiger partial charge in [0.1, 0.15) is 6.10 Å². The molecule has 0 aliphatic carbocycles. The fraction of sp³-hybridized carbons (Fsp3) is 0.250. The number of aryl methyl sites for hydroxylation is 1. The van der Waals surface area contributed by atoms with E-state index in [9.17, 15) is 4.21 Å². The summed E-state index contributed by atoms with van der Waals surface area (Å²) in [5, 5.41) is -0.0208. The van der Waals surface area contributed by atoms with Gasteiger partial charge in [0, 0.05) is 0 Å². The summed E-state index contributed by atoms with van der Waals surface area (Å²) >= 11 is -1.25. The van der Waals surface area contributed by atoms with Crippen LogP contribution in [-0.2, 0) is 15.3 Å². The average molecular weight is 272 g/mol. The number of hydrogen-bond donors (Lipinski definition) is 0. The SMILES string of the molecule is Cc1ccc(C2CC(c3ccccc3)S(=O)O2)cc1. The van der Waals surface area contributed by atoms with Gasteiger partial charge in [0.25, 0.3) is 0 Å². The molecule has 2 aromatic carbocycles. The Morgan fingerprint density at radius 1 is 1.00 bits per heavy atom. The van der Waals surface area contributed by atoms with Gasteiger partial charge in [-0.2, -0.15) is 0 Å².